The maximum absolute atomic E-state index is 12.6. The van der Waals surface area contributed by atoms with E-state index in [2.05, 4.69) is 15.5 Å². The second kappa shape index (κ2) is 11.3. The maximum Gasteiger partial charge on any atom is 0.408 e. The van der Waals surface area contributed by atoms with Gasteiger partial charge in [0.15, 0.2) is 0 Å². The van der Waals surface area contributed by atoms with Gasteiger partial charge in [0.1, 0.15) is 11.6 Å². The zero-order valence-electron chi connectivity index (χ0n) is 18.1. The maximum atomic E-state index is 12.6. The SMILES string of the molecule is CCN(CCNC(=O)[C@H](CCC(N)=O)NC(=O)OC(C)(C)C)c1ccccc1C. The average molecular weight is 407 g/mol. The fraction of sp³-hybridized carbons (Fsp3) is 0.571. The molecule has 0 saturated carbocycles. The minimum absolute atomic E-state index is 0.0157. The van der Waals surface area contributed by atoms with E-state index in [9.17, 15) is 14.4 Å². The van der Waals surface area contributed by atoms with Crippen molar-refractivity contribution >= 4 is 23.6 Å². The first-order chi connectivity index (χ1) is 13.5. The van der Waals surface area contributed by atoms with E-state index in [4.69, 9.17) is 10.5 Å². The predicted molar refractivity (Wildman–Crippen MR) is 114 cm³/mol. The molecule has 0 radical (unpaired) electrons. The van der Waals surface area contributed by atoms with Crippen molar-refractivity contribution in [1.82, 2.24) is 10.6 Å². The third-order valence-corrected chi connectivity index (χ3v) is 4.21. The van der Waals surface area contributed by atoms with Crippen molar-refractivity contribution in [2.75, 3.05) is 24.5 Å². The number of nitrogens with one attached hydrogen (secondary N) is 2. The predicted octanol–water partition coefficient (Wildman–Crippen LogP) is 2.10. The molecule has 29 heavy (non-hydrogen) atoms. The van der Waals surface area contributed by atoms with Crippen molar-refractivity contribution in [3.63, 3.8) is 0 Å². The van der Waals surface area contributed by atoms with Crippen molar-refractivity contribution in [1.29, 1.82) is 0 Å². The molecule has 0 unspecified atom stereocenters. The molecule has 0 aliphatic carbocycles. The number of hydrogen-bond donors (Lipinski definition) is 3. The van der Waals surface area contributed by atoms with Gasteiger partial charge in [-0.3, -0.25) is 9.59 Å². The van der Waals surface area contributed by atoms with Crippen LogP contribution in [-0.2, 0) is 14.3 Å². The second-order valence-electron chi connectivity index (χ2n) is 7.86. The van der Waals surface area contributed by atoms with Crippen LogP contribution in [0.5, 0.6) is 0 Å². The van der Waals surface area contributed by atoms with Crippen LogP contribution in [0.25, 0.3) is 0 Å². The highest BCUT2D eigenvalue weighted by Gasteiger charge is 2.24. The number of primary amides is 1. The molecular formula is C21H34N4O4. The summed E-state index contributed by atoms with van der Waals surface area (Å²) in [5, 5.41) is 5.35. The van der Waals surface area contributed by atoms with Crippen molar-refractivity contribution in [3.05, 3.63) is 29.8 Å². The zero-order valence-corrected chi connectivity index (χ0v) is 18.1. The molecular weight excluding hydrogens is 372 g/mol. The summed E-state index contributed by atoms with van der Waals surface area (Å²) >= 11 is 0. The number of amides is 3. The molecule has 3 amide bonds. The Bertz CT molecular complexity index is 700. The molecule has 0 aliphatic rings. The third-order valence-electron chi connectivity index (χ3n) is 4.21. The summed E-state index contributed by atoms with van der Waals surface area (Å²) in [6.07, 6.45) is -0.620. The Kier molecular flexibility index (Phi) is 9.44. The summed E-state index contributed by atoms with van der Waals surface area (Å²) in [7, 11) is 0. The minimum atomic E-state index is -0.897. The van der Waals surface area contributed by atoms with Crippen molar-refractivity contribution in [2.24, 2.45) is 5.73 Å². The van der Waals surface area contributed by atoms with E-state index in [-0.39, 0.29) is 18.7 Å². The average Bonchev–Trinajstić information content (AvgIpc) is 2.61. The Labute approximate surface area is 173 Å². The number of para-hydroxylation sites is 1. The Hall–Kier alpha value is -2.77. The molecule has 162 valence electrons. The number of hydrogen-bond acceptors (Lipinski definition) is 5. The quantitative estimate of drug-likeness (QED) is 0.551. The van der Waals surface area contributed by atoms with Gasteiger partial charge in [-0.2, -0.15) is 0 Å². The fourth-order valence-corrected chi connectivity index (χ4v) is 2.81. The number of likely N-dealkylation sites (N-methyl/N-ethyl adjacent to an activating group) is 1. The lowest BCUT2D eigenvalue weighted by Gasteiger charge is -2.26. The fourth-order valence-electron chi connectivity index (χ4n) is 2.81. The largest absolute Gasteiger partial charge is 0.444 e. The van der Waals surface area contributed by atoms with Gasteiger partial charge in [0, 0.05) is 31.7 Å². The van der Waals surface area contributed by atoms with Crippen molar-refractivity contribution in [3.8, 4) is 0 Å². The molecule has 0 aliphatic heterocycles. The van der Waals surface area contributed by atoms with Gasteiger partial charge in [-0.15, -0.1) is 0 Å². The summed E-state index contributed by atoms with van der Waals surface area (Å²) in [6, 6.07) is 7.15. The number of rotatable bonds is 10. The summed E-state index contributed by atoms with van der Waals surface area (Å²) in [4.78, 5) is 37.9. The van der Waals surface area contributed by atoms with Crippen LogP contribution < -0.4 is 21.3 Å². The Morgan fingerprint density at radius 3 is 2.41 bits per heavy atom. The van der Waals surface area contributed by atoms with Crippen LogP contribution in [0.2, 0.25) is 0 Å². The lowest BCUT2D eigenvalue weighted by atomic mass is 10.1. The highest BCUT2D eigenvalue weighted by molar-refractivity contribution is 5.86. The van der Waals surface area contributed by atoms with Crippen LogP contribution in [0.3, 0.4) is 0 Å². The Morgan fingerprint density at radius 1 is 1.21 bits per heavy atom. The number of aryl methyl sites for hydroxylation is 1. The van der Waals surface area contributed by atoms with Gasteiger partial charge in [-0.05, 0) is 52.7 Å². The smallest absolute Gasteiger partial charge is 0.408 e. The van der Waals surface area contributed by atoms with Crippen LogP contribution in [0.1, 0.15) is 46.1 Å². The molecule has 1 aromatic rings. The van der Waals surface area contributed by atoms with E-state index in [1.165, 1.54) is 0 Å². The normalized spacial score (nSPS) is 12.0. The number of benzene rings is 1. The van der Waals surface area contributed by atoms with Crippen LogP contribution in [-0.4, -0.2) is 49.2 Å². The number of nitrogens with two attached hydrogens (primary N) is 1. The molecule has 4 N–H and O–H groups in total. The van der Waals surface area contributed by atoms with E-state index in [1.54, 1.807) is 20.8 Å². The topological polar surface area (TPSA) is 114 Å². The van der Waals surface area contributed by atoms with E-state index in [0.29, 0.717) is 13.1 Å². The third kappa shape index (κ3) is 9.32. The number of carbonyl (C=O) groups is 3. The highest BCUT2D eigenvalue weighted by Crippen LogP contribution is 2.18. The van der Waals surface area contributed by atoms with Gasteiger partial charge in [-0.25, -0.2) is 4.79 Å². The molecule has 8 nitrogen and oxygen atoms in total. The lowest BCUT2D eigenvalue weighted by Crippen LogP contribution is -2.49. The van der Waals surface area contributed by atoms with Crippen LogP contribution in [0.15, 0.2) is 24.3 Å². The number of ether oxygens (including phenoxy) is 1. The highest BCUT2D eigenvalue weighted by atomic mass is 16.6. The molecule has 0 bridgehead atoms. The number of nitrogens with zero attached hydrogens (tertiary/aromatic N) is 1. The molecule has 1 aromatic carbocycles. The molecule has 0 heterocycles. The standard InChI is InChI=1S/C21H34N4O4/c1-6-25(17-10-8-7-9-15(17)2)14-13-23-19(27)16(11-12-18(22)26)24-20(28)29-21(3,4)5/h7-10,16H,6,11-14H2,1-5H3,(H2,22,26)(H,23,27)(H,24,28)/t16-/m0/s1. The number of carbonyl (C=O) groups excluding carboxylic acids is 3. The second-order valence-corrected chi connectivity index (χ2v) is 7.86. The molecule has 0 aromatic heterocycles. The molecule has 1 atom stereocenters. The monoisotopic (exact) mass is 406 g/mol. The van der Waals surface area contributed by atoms with Gasteiger partial charge in [-0.1, -0.05) is 18.2 Å². The Balaban J connectivity index is 2.67. The van der Waals surface area contributed by atoms with Gasteiger partial charge in [0.25, 0.3) is 0 Å². The number of alkyl carbamates (subject to hydrolysis) is 1. The molecule has 8 heteroatoms. The first-order valence-electron chi connectivity index (χ1n) is 9.89. The first kappa shape index (κ1) is 24.3. The summed E-state index contributed by atoms with van der Waals surface area (Å²) < 4.78 is 5.20. The first-order valence-corrected chi connectivity index (χ1v) is 9.89. The van der Waals surface area contributed by atoms with Crippen molar-refractivity contribution in [2.45, 2.75) is 59.1 Å². The molecule has 0 spiro atoms. The van der Waals surface area contributed by atoms with Gasteiger partial charge >= 0.3 is 6.09 Å². The minimum Gasteiger partial charge on any atom is -0.444 e. The van der Waals surface area contributed by atoms with Crippen LogP contribution in [0.4, 0.5) is 10.5 Å². The van der Waals surface area contributed by atoms with Gasteiger partial charge < -0.3 is 26.0 Å². The van der Waals surface area contributed by atoms with Crippen LogP contribution in [0, 0.1) is 6.92 Å². The van der Waals surface area contributed by atoms with E-state index < -0.39 is 23.6 Å². The van der Waals surface area contributed by atoms with E-state index >= 15 is 0 Å². The summed E-state index contributed by atoms with van der Waals surface area (Å²) in [5.74, 6) is -0.913. The van der Waals surface area contributed by atoms with E-state index in [1.807, 2.05) is 38.1 Å². The number of anilines is 1. The zero-order chi connectivity index (χ0) is 22.0. The van der Waals surface area contributed by atoms with Crippen LogP contribution >= 0.6 is 0 Å². The molecule has 0 fully saturated rings. The lowest BCUT2D eigenvalue weighted by molar-refractivity contribution is -0.123. The van der Waals surface area contributed by atoms with Crippen molar-refractivity contribution < 1.29 is 19.1 Å². The van der Waals surface area contributed by atoms with Gasteiger partial charge in [0.2, 0.25) is 11.8 Å². The molecule has 0 saturated heterocycles. The Morgan fingerprint density at radius 2 is 1.86 bits per heavy atom. The molecule has 1 rings (SSSR count). The summed E-state index contributed by atoms with van der Waals surface area (Å²) in [6.45, 7) is 11.1. The van der Waals surface area contributed by atoms with Gasteiger partial charge in [0.05, 0.1) is 0 Å². The van der Waals surface area contributed by atoms with E-state index in [0.717, 1.165) is 17.8 Å². The summed E-state index contributed by atoms with van der Waals surface area (Å²) in [5.41, 5.74) is 6.77.